The molecule has 1 fully saturated rings. The van der Waals surface area contributed by atoms with Gasteiger partial charge < -0.3 is 9.64 Å². The average molecular weight is 339 g/mol. The van der Waals surface area contributed by atoms with Gasteiger partial charge in [0.2, 0.25) is 0 Å². The molecule has 0 aromatic carbocycles. The molecule has 6 nitrogen and oxygen atoms in total. The molecule has 1 saturated heterocycles. The summed E-state index contributed by atoms with van der Waals surface area (Å²) in [6.07, 6.45) is 3.57. The molecule has 23 heavy (non-hydrogen) atoms. The summed E-state index contributed by atoms with van der Waals surface area (Å²) in [7, 11) is 0. The van der Waals surface area contributed by atoms with E-state index in [-0.39, 0.29) is 11.9 Å². The zero-order valence-electron chi connectivity index (χ0n) is 14.2. The summed E-state index contributed by atoms with van der Waals surface area (Å²) < 4.78 is 7.01. The van der Waals surface area contributed by atoms with Crippen LogP contribution < -0.4 is 0 Å². The second kappa shape index (κ2) is 7.86. The molecule has 1 aliphatic heterocycles. The van der Waals surface area contributed by atoms with Gasteiger partial charge in [0.15, 0.2) is 0 Å². The first-order valence-corrected chi connectivity index (χ1v) is 9.29. The predicted molar refractivity (Wildman–Crippen MR) is 90.5 cm³/mol. The van der Waals surface area contributed by atoms with Crippen LogP contribution in [-0.4, -0.2) is 50.8 Å². The molecule has 1 aromatic heterocycles. The van der Waals surface area contributed by atoms with Crippen molar-refractivity contribution in [3.8, 4) is 0 Å². The van der Waals surface area contributed by atoms with Crippen molar-refractivity contribution < 1.29 is 14.3 Å². The normalized spacial score (nSPS) is 17.8. The van der Waals surface area contributed by atoms with E-state index in [0.717, 1.165) is 18.5 Å². The first-order valence-electron chi connectivity index (χ1n) is 8.14. The van der Waals surface area contributed by atoms with Crippen molar-refractivity contribution in [1.82, 2.24) is 14.7 Å². The molecule has 7 heteroatoms. The van der Waals surface area contributed by atoms with E-state index >= 15 is 0 Å². The summed E-state index contributed by atoms with van der Waals surface area (Å²) >= 11 is 1.57. The zero-order chi connectivity index (χ0) is 17.0. The van der Waals surface area contributed by atoms with Crippen LogP contribution in [0.3, 0.4) is 0 Å². The van der Waals surface area contributed by atoms with Crippen LogP contribution in [-0.2, 0) is 9.53 Å². The van der Waals surface area contributed by atoms with Crippen LogP contribution in [0.5, 0.6) is 0 Å². The smallest absolute Gasteiger partial charge is 0.329 e. The Balaban J connectivity index is 2.21. The molecule has 2 heterocycles. The highest BCUT2D eigenvalue weighted by Crippen LogP contribution is 2.26. The lowest BCUT2D eigenvalue weighted by atomic mass is 10.1. The van der Waals surface area contributed by atoms with Crippen molar-refractivity contribution in [2.45, 2.75) is 52.6 Å². The maximum Gasteiger partial charge on any atom is 0.329 e. The van der Waals surface area contributed by atoms with Gasteiger partial charge in [-0.25, -0.2) is 4.79 Å². The summed E-state index contributed by atoms with van der Waals surface area (Å²) in [5.74, 6) is 0.640. The summed E-state index contributed by atoms with van der Waals surface area (Å²) in [5.41, 5.74) is 1.44. The maximum atomic E-state index is 12.9. The average Bonchev–Trinajstić information content (AvgIpc) is 3.16. The first-order chi connectivity index (χ1) is 11.0. The number of nitrogens with zero attached hydrogens (tertiary/aromatic N) is 3. The maximum absolute atomic E-state index is 12.9. The van der Waals surface area contributed by atoms with Gasteiger partial charge in [0, 0.05) is 11.4 Å². The van der Waals surface area contributed by atoms with Gasteiger partial charge in [-0.15, -0.1) is 11.8 Å². The standard InChI is InChI=1S/C16H25N3O3S/c1-5-12(6-2)19-11(4)13(8-17-19)15(20)18-10-23-9-14(18)16(21)22-7-3/h8,12,14H,5-7,9-10H2,1-4H3. The van der Waals surface area contributed by atoms with Gasteiger partial charge in [-0.05, 0) is 26.7 Å². The molecule has 0 bridgehead atoms. The topological polar surface area (TPSA) is 64.4 Å². The second-order valence-electron chi connectivity index (χ2n) is 5.60. The number of amides is 1. The minimum atomic E-state index is -0.497. The van der Waals surface area contributed by atoms with Gasteiger partial charge in [-0.1, -0.05) is 13.8 Å². The molecule has 0 aliphatic carbocycles. The molecule has 0 saturated carbocycles. The van der Waals surface area contributed by atoms with Crippen molar-refractivity contribution in [2.24, 2.45) is 0 Å². The minimum Gasteiger partial charge on any atom is -0.464 e. The summed E-state index contributed by atoms with van der Waals surface area (Å²) in [4.78, 5) is 26.5. The van der Waals surface area contributed by atoms with Gasteiger partial charge in [0.05, 0.1) is 30.3 Å². The molecule has 0 N–H and O–H groups in total. The predicted octanol–water partition coefficient (Wildman–Crippen LogP) is 2.63. The Morgan fingerprint density at radius 1 is 1.39 bits per heavy atom. The third kappa shape index (κ3) is 3.54. The van der Waals surface area contributed by atoms with Crippen molar-refractivity contribution in [3.63, 3.8) is 0 Å². The van der Waals surface area contributed by atoms with Crippen LogP contribution in [0, 0.1) is 6.92 Å². The molecule has 2 rings (SSSR count). The Labute approximate surface area is 141 Å². The Bertz CT molecular complexity index is 569. The highest BCUT2D eigenvalue weighted by molar-refractivity contribution is 7.99. The Kier molecular flexibility index (Phi) is 6.10. The fourth-order valence-electron chi connectivity index (χ4n) is 2.87. The molecular weight excluding hydrogens is 314 g/mol. The fraction of sp³-hybridized carbons (Fsp3) is 0.688. The highest BCUT2D eigenvalue weighted by atomic mass is 32.2. The molecule has 1 unspecified atom stereocenters. The number of aromatic nitrogens is 2. The minimum absolute atomic E-state index is 0.136. The monoisotopic (exact) mass is 339 g/mol. The molecule has 1 amide bonds. The van der Waals surface area contributed by atoms with Crippen molar-refractivity contribution in [3.05, 3.63) is 17.5 Å². The van der Waals surface area contributed by atoms with Gasteiger partial charge in [-0.2, -0.15) is 5.10 Å². The number of carbonyl (C=O) groups excluding carboxylic acids is 2. The second-order valence-corrected chi connectivity index (χ2v) is 6.60. The van der Waals surface area contributed by atoms with E-state index in [1.807, 2.05) is 11.6 Å². The lowest BCUT2D eigenvalue weighted by Crippen LogP contribution is -2.42. The van der Waals surface area contributed by atoms with Crippen LogP contribution in [0.15, 0.2) is 6.20 Å². The van der Waals surface area contributed by atoms with Gasteiger partial charge in [0.25, 0.3) is 5.91 Å². The largest absolute Gasteiger partial charge is 0.464 e. The van der Waals surface area contributed by atoms with E-state index in [9.17, 15) is 9.59 Å². The lowest BCUT2D eigenvalue weighted by molar-refractivity contribution is -0.147. The molecule has 128 valence electrons. The number of esters is 1. The fourth-order valence-corrected chi connectivity index (χ4v) is 4.01. The Hall–Kier alpha value is -1.50. The molecule has 1 aromatic rings. The number of hydrogen-bond acceptors (Lipinski definition) is 5. The van der Waals surface area contributed by atoms with Crippen molar-refractivity contribution >= 4 is 23.6 Å². The van der Waals surface area contributed by atoms with Crippen molar-refractivity contribution in [1.29, 1.82) is 0 Å². The van der Waals surface area contributed by atoms with E-state index < -0.39 is 6.04 Å². The lowest BCUT2D eigenvalue weighted by Gasteiger charge is -2.22. The molecule has 0 spiro atoms. The number of thioether (sulfide) groups is 1. The van der Waals surface area contributed by atoms with Crippen molar-refractivity contribution in [2.75, 3.05) is 18.2 Å². The number of rotatable bonds is 6. The number of ether oxygens (including phenoxy) is 1. The van der Waals surface area contributed by atoms with E-state index in [1.54, 1.807) is 29.8 Å². The van der Waals surface area contributed by atoms with Crippen LogP contribution in [0.1, 0.15) is 55.7 Å². The van der Waals surface area contributed by atoms with Crippen LogP contribution in [0.25, 0.3) is 0 Å². The molecular formula is C16H25N3O3S. The highest BCUT2D eigenvalue weighted by Gasteiger charge is 2.37. The van der Waals surface area contributed by atoms with Crippen LogP contribution >= 0.6 is 11.8 Å². The number of hydrogen-bond donors (Lipinski definition) is 0. The summed E-state index contributed by atoms with van der Waals surface area (Å²) in [5, 5.41) is 4.40. The summed E-state index contributed by atoms with van der Waals surface area (Å²) in [6, 6.07) is -0.200. The SMILES string of the molecule is CCOC(=O)C1CSCN1C(=O)c1cnn(C(CC)CC)c1C. The van der Waals surface area contributed by atoms with Crippen LogP contribution in [0.4, 0.5) is 0 Å². The third-order valence-corrected chi connectivity index (χ3v) is 5.28. The zero-order valence-corrected chi connectivity index (χ0v) is 15.1. The van der Waals surface area contributed by atoms with Gasteiger partial charge in [-0.3, -0.25) is 9.48 Å². The quantitative estimate of drug-likeness (QED) is 0.746. The van der Waals surface area contributed by atoms with Crippen LogP contribution in [0.2, 0.25) is 0 Å². The van der Waals surface area contributed by atoms with E-state index in [4.69, 9.17) is 4.74 Å². The molecule has 1 atom stereocenters. The van der Waals surface area contributed by atoms with Gasteiger partial charge in [0.1, 0.15) is 6.04 Å². The van der Waals surface area contributed by atoms with E-state index in [1.165, 1.54) is 0 Å². The summed E-state index contributed by atoms with van der Waals surface area (Å²) in [6.45, 7) is 8.25. The Morgan fingerprint density at radius 3 is 2.70 bits per heavy atom. The Morgan fingerprint density at radius 2 is 2.09 bits per heavy atom. The first kappa shape index (κ1) is 17.8. The van der Waals surface area contributed by atoms with E-state index in [2.05, 4.69) is 18.9 Å². The van der Waals surface area contributed by atoms with E-state index in [0.29, 0.717) is 29.8 Å². The number of carbonyl (C=O) groups is 2. The van der Waals surface area contributed by atoms with Gasteiger partial charge >= 0.3 is 5.97 Å². The third-order valence-electron chi connectivity index (χ3n) is 4.27. The molecule has 0 radical (unpaired) electrons. The molecule has 1 aliphatic rings.